The summed E-state index contributed by atoms with van der Waals surface area (Å²) in [5.41, 5.74) is 4.43. The molecule has 0 radical (unpaired) electrons. The molecule has 0 atom stereocenters. The number of aromatic hydroxyl groups is 1. The second-order valence-corrected chi connectivity index (χ2v) is 6.07. The third-order valence-electron chi connectivity index (χ3n) is 4.35. The average molecular weight is 314 g/mol. The normalized spacial score (nSPS) is 11.0. The van der Waals surface area contributed by atoms with Crippen molar-refractivity contribution in [1.29, 1.82) is 0 Å². The highest BCUT2D eigenvalue weighted by Crippen LogP contribution is 2.34. The predicted molar refractivity (Wildman–Crippen MR) is 97.1 cm³/mol. The third-order valence-corrected chi connectivity index (χ3v) is 4.35. The van der Waals surface area contributed by atoms with Crippen LogP contribution in [-0.2, 0) is 6.54 Å². The number of hydrogen-bond acceptors (Lipinski definition) is 2. The number of nitrogens with zero attached hydrogens (tertiary/aromatic N) is 2. The Morgan fingerprint density at radius 1 is 1.00 bits per heavy atom. The molecule has 0 aliphatic heterocycles. The largest absolute Gasteiger partial charge is 0.494 e. The molecular formula is C21H18N2O. The highest BCUT2D eigenvalue weighted by Gasteiger charge is 2.13. The van der Waals surface area contributed by atoms with Gasteiger partial charge in [0.2, 0.25) is 0 Å². The molecule has 3 nitrogen and oxygen atoms in total. The minimum Gasteiger partial charge on any atom is -0.494 e. The van der Waals surface area contributed by atoms with E-state index in [-0.39, 0.29) is 0 Å². The number of aryl methyl sites for hydroxylation is 1. The van der Waals surface area contributed by atoms with Gasteiger partial charge in [0, 0.05) is 34.9 Å². The van der Waals surface area contributed by atoms with Gasteiger partial charge >= 0.3 is 0 Å². The first-order valence-electron chi connectivity index (χ1n) is 7.99. The second-order valence-electron chi connectivity index (χ2n) is 6.07. The number of rotatable bonds is 3. The molecule has 2 heterocycles. The Morgan fingerprint density at radius 3 is 2.58 bits per heavy atom. The van der Waals surface area contributed by atoms with Gasteiger partial charge in [-0.15, -0.1) is 0 Å². The van der Waals surface area contributed by atoms with Crippen LogP contribution in [0.2, 0.25) is 0 Å². The molecule has 0 unspecified atom stereocenters. The lowest BCUT2D eigenvalue weighted by Crippen LogP contribution is -1.96. The van der Waals surface area contributed by atoms with Gasteiger partial charge in [-0.05, 0) is 35.7 Å². The van der Waals surface area contributed by atoms with Crippen LogP contribution in [-0.4, -0.2) is 14.7 Å². The van der Waals surface area contributed by atoms with Crippen LogP contribution in [0.15, 0.2) is 73.2 Å². The van der Waals surface area contributed by atoms with Gasteiger partial charge in [-0.3, -0.25) is 4.98 Å². The Morgan fingerprint density at radius 2 is 1.83 bits per heavy atom. The molecule has 0 saturated carbocycles. The average Bonchev–Trinajstić information content (AvgIpc) is 2.93. The molecule has 118 valence electrons. The Balaban J connectivity index is 1.81. The molecule has 2 aromatic carbocycles. The van der Waals surface area contributed by atoms with Crippen LogP contribution in [0.1, 0.15) is 11.1 Å². The Hall–Kier alpha value is -3.07. The van der Waals surface area contributed by atoms with Crippen molar-refractivity contribution < 1.29 is 5.11 Å². The Kier molecular flexibility index (Phi) is 3.54. The topological polar surface area (TPSA) is 38.0 Å². The number of aromatic nitrogens is 2. The van der Waals surface area contributed by atoms with Crippen molar-refractivity contribution in [1.82, 2.24) is 9.55 Å². The summed E-state index contributed by atoms with van der Waals surface area (Å²) in [5.74, 6) is 0.323. The summed E-state index contributed by atoms with van der Waals surface area (Å²) in [4.78, 5) is 4.19. The minimum atomic E-state index is 0.323. The highest BCUT2D eigenvalue weighted by molar-refractivity contribution is 5.94. The molecule has 4 rings (SSSR count). The molecule has 3 heteroatoms. The van der Waals surface area contributed by atoms with Crippen LogP contribution in [0.3, 0.4) is 0 Å². The summed E-state index contributed by atoms with van der Waals surface area (Å²) in [6, 6.07) is 18.4. The molecule has 1 N–H and O–H groups in total. The predicted octanol–water partition coefficient (Wildman–Crippen LogP) is 4.77. The van der Waals surface area contributed by atoms with E-state index in [1.807, 2.05) is 48.1 Å². The quantitative estimate of drug-likeness (QED) is 0.592. The van der Waals surface area contributed by atoms with Gasteiger partial charge in [-0.2, -0.15) is 0 Å². The van der Waals surface area contributed by atoms with Crippen LogP contribution in [0.25, 0.3) is 21.9 Å². The first-order chi connectivity index (χ1) is 11.7. The fraction of sp³-hybridized carbons (Fsp3) is 0.0952. The van der Waals surface area contributed by atoms with Gasteiger partial charge in [0.05, 0.1) is 6.54 Å². The molecule has 0 aliphatic carbocycles. The van der Waals surface area contributed by atoms with Crippen molar-refractivity contribution in [2.45, 2.75) is 13.5 Å². The number of fused-ring (bicyclic) bond motifs is 1. The zero-order valence-electron chi connectivity index (χ0n) is 13.5. The summed E-state index contributed by atoms with van der Waals surface area (Å²) in [7, 11) is 0. The van der Waals surface area contributed by atoms with E-state index >= 15 is 0 Å². The molecule has 0 saturated heterocycles. The van der Waals surface area contributed by atoms with Crippen molar-refractivity contribution in [3.63, 3.8) is 0 Å². The molecule has 4 aromatic rings. The van der Waals surface area contributed by atoms with Crippen LogP contribution in [0.4, 0.5) is 0 Å². The third kappa shape index (κ3) is 2.54. The van der Waals surface area contributed by atoms with Gasteiger partial charge in [0.15, 0.2) is 5.88 Å². The summed E-state index contributed by atoms with van der Waals surface area (Å²) < 4.78 is 1.90. The number of benzene rings is 2. The van der Waals surface area contributed by atoms with E-state index in [1.165, 1.54) is 5.56 Å². The van der Waals surface area contributed by atoms with Crippen molar-refractivity contribution in [2.24, 2.45) is 0 Å². The van der Waals surface area contributed by atoms with Gasteiger partial charge in [0.1, 0.15) is 0 Å². The van der Waals surface area contributed by atoms with E-state index in [0.717, 1.165) is 27.5 Å². The number of hydrogen-bond donors (Lipinski definition) is 1. The molecule has 0 spiro atoms. The lowest BCUT2D eigenvalue weighted by molar-refractivity contribution is 0.430. The SMILES string of the molecule is Cc1cc(-c2cccnc2)cc2cn(Cc3ccccc3)c(O)c12. The molecule has 0 aliphatic rings. The zero-order valence-corrected chi connectivity index (χ0v) is 13.5. The smallest absolute Gasteiger partial charge is 0.199 e. The molecule has 0 amide bonds. The van der Waals surface area contributed by atoms with Crippen molar-refractivity contribution in [3.05, 3.63) is 84.3 Å². The van der Waals surface area contributed by atoms with Gasteiger partial charge in [-0.25, -0.2) is 0 Å². The van der Waals surface area contributed by atoms with Crippen LogP contribution in [0, 0.1) is 6.92 Å². The minimum absolute atomic E-state index is 0.323. The summed E-state index contributed by atoms with van der Waals surface area (Å²) in [6.45, 7) is 2.69. The molecular weight excluding hydrogens is 296 g/mol. The maximum Gasteiger partial charge on any atom is 0.199 e. The van der Waals surface area contributed by atoms with Crippen LogP contribution in [0.5, 0.6) is 5.88 Å². The zero-order chi connectivity index (χ0) is 16.5. The molecule has 0 bridgehead atoms. The van der Waals surface area contributed by atoms with Gasteiger partial charge in [0.25, 0.3) is 0 Å². The maximum absolute atomic E-state index is 10.6. The van der Waals surface area contributed by atoms with Crippen LogP contribution < -0.4 is 0 Å². The molecule has 24 heavy (non-hydrogen) atoms. The van der Waals surface area contributed by atoms with E-state index in [9.17, 15) is 5.11 Å². The van der Waals surface area contributed by atoms with Crippen molar-refractivity contribution >= 4 is 10.8 Å². The van der Waals surface area contributed by atoms with Gasteiger partial charge in [-0.1, -0.05) is 42.5 Å². The summed E-state index contributed by atoms with van der Waals surface area (Å²) in [5, 5.41) is 12.6. The fourth-order valence-corrected chi connectivity index (χ4v) is 3.20. The van der Waals surface area contributed by atoms with E-state index in [2.05, 4.69) is 35.3 Å². The summed E-state index contributed by atoms with van der Waals surface area (Å²) in [6.07, 6.45) is 5.66. The first-order valence-corrected chi connectivity index (χ1v) is 7.99. The monoisotopic (exact) mass is 314 g/mol. The fourth-order valence-electron chi connectivity index (χ4n) is 3.20. The Labute approximate surface area is 140 Å². The van der Waals surface area contributed by atoms with Crippen molar-refractivity contribution in [3.8, 4) is 17.0 Å². The second kappa shape index (κ2) is 5.85. The van der Waals surface area contributed by atoms with E-state index in [0.29, 0.717) is 12.4 Å². The summed E-state index contributed by atoms with van der Waals surface area (Å²) >= 11 is 0. The van der Waals surface area contributed by atoms with E-state index < -0.39 is 0 Å². The van der Waals surface area contributed by atoms with E-state index in [4.69, 9.17) is 0 Å². The lowest BCUT2D eigenvalue weighted by Gasteiger charge is -2.06. The molecule has 2 aromatic heterocycles. The molecule has 0 fully saturated rings. The standard InChI is InChI=1S/C21H18N2O/c1-15-10-18(17-8-5-9-22-12-17)11-19-14-23(21(24)20(15)19)13-16-6-3-2-4-7-16/h2-12,14,24H,13H2,1H3. The Bertz CT molecular complexity index is 989. The van der Waals surface area contributed by atoms with Crippen LogP contribution >= 0.6 is 0 Å². The van der Waals surface area contributed by atoms with E-state index in [1.54, 1.807) is 6.20 Å². The highest BCUT2D eigenvalue weighted by atomic mass is 16.3. The van der Waals surface area contributed by atoms with Gasteiger partial charge < -0.3 is 9.67 Å². The number of pyridine rings is 1. The van der Waals surface area contributed by atoms with Crippen molar-refractivity contribution in [2.75, 3.05) is 0 Å². The maximum atomic E-state index is 10.6. The lowest BCUT2D eigenvalue weighted by atomic mass is 10.0. The first kappa shape index (κ1) is 14.5.